The first-order valence-corrected chi connectivity index (χ1v) is 8.19. The van der Waals surface area contributed by atoms with Crippen LogP contribution in [-0.2, 0) is 6.42 Å². The average molecular weight is 358 g/mol. The Bertz CT molecular complexity index is 360. The third kappa shape index (κ3) is 3.95. The number of hydrogen-bond donors (Lipinski definition) is 1. The summed E-state index contributed by atoms with van der Waals surface area (Å²) in [5, 5.41) is 10.4. The van der Waals surface area contributed by atoms with Crippen LogP contribution in [0.2, 0.25) is 0 Å². The Hall–Kier alpha value is -0.0900. The van der Waals surface area contributed by atoms with Gasteiger partial charge < -0.3 is 5.11 Å². The number of rotatable bonds is 4. The lowest BCUT2D eigenvalue weighted by Crippen LogP contribution is -2.28. The van der Waals surface area contributed by atoms with Crippen molar-refractivity contribution >= 4 is 22.6 Å². The van der Waals surface area contributed by atoms with Crippen molar-refractivity contribution in [2.24, 2.45) is 11.8 Å². The van der Waals surface area contributed by atoms with E-state index in [2.05, 4.69) is 53.8 Å². The summed E-state index contributed by atoms with van der Waals surface area (Å²) in [7, 11) is 0. The molecule has 3 atom stereocenters. The number of hydrogen-bond acceptors (Lipinski definition) is 1. The lowest BCUT2D eigenvalue weighted by molar-refractivity contribution is 0.0685. The van der Waals surface area contributed by atoms with Gasteiger partial charge in [-0.15, -0.1) is 0 Å². The highest BCUT2D eigenvalue weighted by molar-refractivity contribution is 14.1. The van der Waals surface area contributed by atoms with Gasteiger partial charge in [0.1, 0.15) is 0 Å². The van der Waals surface area contributed by atoms with Crippen LogP contribution in [-0.4, -0.2) is 11.2 Å². The number of benzene rings is 1. The molecule has 1 fully saturated rings. The minimum Gasteiger partial charge on any atom is -0.392 e. The predicted octanol–water partition coefficient (Wildman–Crippen LogP) is 4.41. The third-order valence-electron chi connectivity index (χ3n) is 4.30. The maximum absolute atomic E-state index is 10.4. The van der Waals surface area contributed by atoms with Gasteiger partial charge >= 0.3 is 0 Å². The van der Waals surface area contributed by atoms with Crippen LogP contribution in [0.3, 0.4) is 0 Å². The normalized spacial score (nSPS) is 25.9. The van der Waals surface area contributed by atoms with Crippen molar-refractivity contribution in [2.45, 2.75) is 51.6 Å². The molecule has 0 spiro atoms. The fourth-order valence-electron chi connectivity index (χ4n) is 3.08. The highest BCUT2D eigenvalue weighted by Crippen LogP contribution is 2.33. The molecule has 1 aliphatic carbocycles. The molecule has 1 aliphatic rings. The summed E-state index contributed by atoms with van der Waals surface area (Å²) in [5.41, 5.74) is 1.27. The number of halogens is 1. The molecule has 0 amide bonds. The minimum atomic E-state index is -0.153. The first kappa shape index (κ1) is 14.3. The molecule has 18 heavy (non-hydrogen) atoms. The molecule has 0 radical (unpaired) electrons. The molecule has 0 bridgehead atoms. The molecule has 1 aromatic rings. The van der Waals surface area contributed by atoms with Crippen LogP contribution in [0.15, 0.2) is 24.3 Å². The largest absolute Gasteiger partial charge is 0.392 e. The maximum atomic E-state index is 10.4. The minimum absolute atomic E-state index is 0.153. The van der Waals surface area contributed by atoms with Crippen LogP contribution in [0.25, 0.3) is 0 Å². The van der Waals surface area contributed by atoms with Crippen LogP contribution >= 0.6 is 22.6 Å². The molecule has 1 saturated carbocycles. The quantitative estimate of drug-likeness (QED) is 0.791. The van der Waals surface area contributed by atoms with Crippen molar-refractivity contribution in [3.63, 3.8) is 0 Å². The van der Waals surface area contributed by atoms with E-state index in [1.54, 1.807) is 0 Å². The average Bonchev–Trinajstić information content (AvgIpc) is 2.41. The van der Waals surface area contributed by atoms with E-state index in [-0.39, 0.29) is 6.10 Å². The van der Waals surface area contributed by atoms with Gasteiger partial charge in [0, 0.05) is 3.57 Å². The van der Waals surface area contributed by atoms with Crippen LogP contribution in [0.1, 0.15) is 44.6 Å². The van der Waals surface area contributed by atoms with Gasteiger partial charge in [-0.1, -0.05) is 38.3 Å². The zero-order valence-electron chi connectivity index (χ0n) is 11.1. The van der Waals surface area contributed by atoms with Gasteiger partial charge in [0.05, 0.1) is 6.10 Å². The Morgan fingerprint density at radius 3 is 2.67 bits per heavy atom. The summed E-state index contributed by atoms with van der Waals surface area (Å²) in [4.78, 5) is 0. The van der Waals surface area contributed by atoms with Crippen LogP contribution < -0.4 is 0 Å². The second kappa shape index (κ2) is 6.90. The van der Waals surface area contributed by atoms with Gasteiger partial charge in [0.2, 0.25) is 0 Å². The lowest BCUT2D eigenvalue weighted by atomic mass is 9.76. The third-order valence-corrected chi connectivity index (χ3v) is 5.02. The van der Waals surface area contributed by atoms with E-state index in [0.717, 1.165) is 12.3 Å². The molecule has 0 aliphatic heterocycles. The van der Waals surface area contributed by atoms with E-state index in [0.29, 0.717) is 5.92 Å². The maximum Gasteiger partial charge on any atom is 0.0608 e. The monoisotopic (exact) mass is 358 g/mol. The van der Waals surface area contributed by atoms with Crippen molar-refractivity contribution in [1.29, 1.82) is 0 Å². The molecule has 0 heterocycles. The molecular weight excluding hydrogens is 335 g/mol. The van der Waals surface area contributed by atoms with E-state index in [4.69, 9.17) is 0 Å². The zero-order valence-corrected chi connectivity index (χ0v) is 13.3. The summed E-state index contributed by atoms with van der Waals surface area (Å²) < 4.78 is 1.26. The molecule has 1 nitrogen and oxygen atoms in total. The summed E-state index contributed by atoms with van der Waals surface area (Å²) in [5.74, 6) is 1.36. The molecule has 0 saturated heterocycles. The SMILES string of the molecule is CCC1CCCC(C(O)Cc2ccc(I)cc2)C1. The molecule has 100 valence electrons. The topological polar surface area (TPSA) is 20.2 Å². The van der Waals surface area contributed by atoms with Crippen molar-refractivity contribution in [3.05, 3.63) is 33.4 Å². The van der Waals surface area contributed by atoms with E-state index < -0.39 is 0 Å². The van der Waals surface area contributed by atoms with E-state index in [9.17, 15) is 5.11 Å². The molecule has 1 aromatic carbocycles. The summed E-state index contributed by atoms with van der Waals surface area (Å²) in [6.45, 7) is 2.28. The smallest absolute Gasteiger partial charge is 0.0608 e. The first-order valence-electron chi connectivity index (χ1n) is 7.11. The molecule has 2 rings (SSSR count). The van der Waals surface area contributed by atoms with Crippen LogP contribution in [0.4, 0.5) is 0 Å². The van der Waals surface area contributed by atoms with Gasteiger partial charge in [0.25, 0.3) is 0 Å². The number of aliphatic hydroxyl groups is 1. The van der Waals surface area contributed by atoms with Crippen molar-refractivity contribution < 1.29 is 5.11 Å². The Kier molecular flexibility index (Phi) is 5.49. The van der Waals surface area contributed by atoms with Crippen LogP contribution in [0, 0.1) is 15.4 Å². The van der Waals surface area contributed by atoms with E-state index in [1.807, 2.05) is 0 Å². The Morgan fingerprint density at radius 1 is 1.28 bits per heavy atom. The first-order chi connectivity index (χ1) is 8.69. The van der Waals surface area contributed by atoms with Gasteiger partial charge in [-0.2, -0.15) is 0 Å². The molecule has 3 unspecified atom stereocenters. The molecule has 0 aromatic heterocycles. The van der Waals surface area contributed by atoms with Crippen LogP contribution in [0.5, 0.6) is 0 Å². The van der Waals surface area contributed by atoms with Gasteiger partial charge in [-0.3, -0.25) is 0 Å². The van der Waals surface area contributed by atoms with Gasteiger partial charge in [-0.25, -0.2) is 0 Å². The fraction of sp³-hybridized carbons (Fsp3) is 0.625. The van der Waals surface area contributed by atoms with Crippen molar-refractivity contribution in [3.8, 4) is 0 Å². The standard InChI is InChI=1S/C16H23IO/c1-2-12-4-3-5-14(10-12)16(18)11-13-6-8-15(17)9-7-13/h6-9,12,14,16,18H,2-5,10-11H2,1H3. The van der Waals surface area contributed by atoms with Gasteiger partial charge in [-0.05, 0) is 71.4 Å². The Morgan fingerprint density at radius 2 is 2.00 bits per heavy atom. The number of aliphatic hydroxyl groups excluding tert-OH is 1. The highest BCUT2D eigenvalue weighted by Gasteiger charge is 2.26. The van der Waals surface area contributed by atoms with E-state index in [1.165, 1.54) is 41.2 Å². The molecule has 2 heteroatoms. The fourth-order valence-corrected chi connectivity index (χ4v) is 3.44. The van der Waals surface area contributed by atoms with Crippen molar-refractivity contribution in [1.82, 2.24) is 0 Å². The second-order valence-corrected chi connectivity index (χ2v) is 6.84. The summed E-state index contributed by atoms with van der Waals surface area (Å²) in [6.07, 6.45) is 7.03. The predicted molar refractivity (Wildman–Crippen MR) is 84.6 cm³/mol. The summed E-state index contributed by atoms with van der Waals surface area (Å²) >= 11 is 2.32. The Labute approximate surface area is 124 Å². The highest BCUT2D eigenvalue weighted by atomic mass is 127. The zero-order chi connectivity index (χ0) is 13.0. The molecular formula is C16H23IO. The van der Waals surface area contributed by atoms with Crippen molar-refractivity contribution in [2.75, 3.05) is 0 Å². The van der Waals surface area contributed by atoms with E-state index >= 15 is 0 Å². The second-order valence-electron chi connectivity index (χ2n) is 5.60. The summed E-state index contributed by atoms with van der Waals surface area (Å²) in [6, 6.07) is 8.53. The lowest BCUT2D eigenvalue weighted by Gasteiger charge is -2.31. The molecule has 1 N–H and O–H groups in total. The Balaban J connectivity index is 1.90. The van der Waals surface area contributed by atoms with Gasteiger partial charge in [0.15, 0.2) is 0 Å².